The van der Waals surface area contributed by atoms with Crippen molar-refractivity contribution in [2.24, 2.45) is 5.73 Å². The summed E-state index contributed by atoms with van der Waals surface area (Å²) in [6.07, 6.45) is 2.18. The van der Waals surface area contributed by atoms with Gasteiger partial charge in [0.15, 0.2) is 0 Å². The van der Waals surface area contributed by atoms with Gasteiger partial charge in [-0.15, -0.1) is 0 Å². The molecule has 2 nitrogen and oxygen atoms in total. The lowest BCUT2D eigenvalue weighted by molar-refractivity contribution is 0.456. The normalized spacial score (nSPS) is 13.4. The van der Waals surface area contributed by atoms with E-state index in [0.717, 1.165) is 13.0 Å². The fraction of sp³-hybridized carbons (Fsp3) is 0.625. The summed E-state index contributed by atoms with van der Waals surface area (Å²) >= 11 is 0. The largest absolute Gasteiger partial charge is 0.369 e. The van der Waals surface area contributed by atoms with Gasteiger partial charge in [-0.1, -0.05) is 26.0 Å². The molecule has 0 spiro atoms. The lowest BCUT2D eigenvalue weighted by Crippen LogP contribution is -2.42. The Morgan fingerprint density at radius 2 is 1.78 bits per heavy atom. The van der Waals surface area contributed by atoms with E-state index in [1.54, 1.807) is 0 Å². The molecule has 0 aliphatic heterocycles. The molecule has 1 rings (SSSR count). The van der Waals surface area contributed by atoms with Crippen LogP contribution < -0.4 is 10.6 Å². The number of hydrogen-bond acceptors (Lipinski definition) is 2. The number of hydrogen-bond donors (Lipinski definition) is 1. The average Bonchev–Trinajstić information content (AvgIpc) is 2.37. The highest BCUT2D eigenvalue weighted by Crippen LogP contribution is 2.27. The van der Waals surface area contributed by atoms with Crippen LogP contribution in [0.15, 0.2) is 24.3 Å². The van der Waals surface area contributed by atoms with Gasteiger partial charge in [0.2, 0.25) is 0 Å². The van der Waals surface area contributed by atoms with Crippen LogP contribution in [0.2, 0.25) is 0 Å². The Hall–Kier alpha value is -1.02. The van der Waals surface area contributed by atoms with Gasteiger partial charge in [-0.2, -0.15) is 0 Å². The van der Waals surface area contributed by atoms with Gasteiger partial charge in [-0.3, -0.25) is 0 Å². The van der Waals surface area contributed by atoms with Crippen molar-refractivity contribution in [2.45, 2.75) is 52.0 Å². The van der Waals surface area contributed by atoms with Crippen LogP contribution in [0.25, 0.3) is 0 Å². The van der Waals surface area contributed by atoms with Crippen molar-refractivity contribution < 1.29 is 0 Å². The number of benzene rings is 1. The zero-order valence-electron chi connectivity index (χ0n) is 12.5. The first-order chi connectivity index (χ1) is 8.42. The minimum Gasteiger partial charge on any atom is -0.369 e. The molecule has 0 radical (unpaired) electrons. The molecule has 1 aromatic rings. The van der Waals surface area contributed by atoms with E-state index in [1.165, 1.54) is 17.7 Å². The summed E-state index contributed by atoms with van der Waals surface area (Å²) in [5.74, 6) is 0.640. The second kappa shape index (κ2) is 6.24. The third kappa shape index (κ3) is 3.49. The van der Waals surface area contributed by atoms with Crippen LogP contribution in [0.4, 0.5) is 5.69 Å². The lowest BCUT2D eigenvalue weighted by atomic mass is 9.96. The predicted octanol–water partition coefficient (Wildman–Crippen LogP) is 3.76. The third-order valence-electron chi connectivity index (χ3n) is 4.13. The van der Waals surface area contributed by atoms with Gasteiger partial charge in [-0.25, -0.2) is 0 Å². The van der Waals surface area contributed by atoms with Gasteiger partial charge >= 0.3 is 0 Å². The smallest absolute Gasteiger partial charge is 0.0368 e. The van der Waals surface area contributed by atoms with Crippen LogP contribution >= 0.6 is 0 Å². The second-order valence-electron chi connectivity index (χ2n) is 5.81. The predicted molar refractivity (Wildman–Crippen MR) is 81.3 cm³/mol. The van der Waals surface area contributed by atoms with Crippen molar-refractivity contribution in [1.82, 2.24) is 0 Å². The Kier molecular flexibility index (Phi) is 5.21. The molecule has 0 amide bonds. The van der Waals surface area contributed by atoms with Crippen molar-refractivity contribution in [1.29, 1.82) is 0 Å². The Bertz CT molecular complexity index is 354. The Balaban J connectivity index is 2.85. The first kappa shape index (κ1) is 15.0. The van der Waals surface area contributed by atoms with E-state index >= 15 is 0 Å². The fourth-order valence-corrected chi connectivity index (χ4v) is 2.13. The highest BCUT2D eigenvalue weighted by atomic mass is 15.2. The first-order valence-electron chi connectivity index (χ1n) is 6.96. The van der Waals surface area contributed by atoms with Crippen LogP contribution in [0.5, 0.6) is 0 Å². The third-order valence-corrected chi connectivity index (χ3v) is 4.13. The number of nitrogens with zero attached hydrogens (tertiary/aromatic N) is 1. The monoisotopic (exact) mass is 248 g/mol. The minimum absolute atomic E-state index is 0.104. The first-order valence-corrected chi connectivity index (χ1v) is 6.96. The highest BCUT2D eigenvalue weighted by Gasteiger charge is 2.22. The Morgan fingerprint density at radius 1 is 1.22 bits per heavy atom. The number of anilines is 1. The molecule has 1 aromatic carbocycles. The molecule has 0 heterocycles. The summed E-state index contributed by atoms with van der Waals surface area (Å²) in [4.78, 5) is 2.32. The molecule has 18 heavy (non-hydrogen) atoms. The van der Waals surface area contributed by atoms with E-state index in [9.17, 15) is 0 Å². The number of nitrogens with two attached hydrogens (primary N) is 1. The summed E-state index contributed by atoms with van der Waals surface area (Å²) < 4.78 is 0. The Morgan fingerprint density at radius 3 is 2.22 bits per heavy atom. The van der Waals surface area contributed by atoms with Gasteiger partial charge < -0.3 is 10.6 Å². The van der Waals surface area contributed by atoms with Crippen molar-refractivity contribution in [3.63, 3.8) is 0 Å². The molecule has 0 aliphatic carbocycles. The maximum atomic E-state index is 5.69. The summed E-state index contributed by atoms with van der Waals surface area (Å²) in [7, 11) is 2.15. The van der Waals surface area contributed by atoms with Crippen LogP contribution in [-0.4, -0.2) is 19.1 Å². The van der Waals surface area contributed by atoms with Crippen LogP contribution in [0.3, 0.4) is 0 Å². The minimum atomic E-state index is 0.104. The maximum Gasteiger partial charge on any atom is 0.0368 e. The van der Waals surface area contributed by atoms with E-state index in [1.807, 2.05) is 0 Å². The molecule has 0 aliphatic rings. The van der Waals surface area contributed by atoms with Crippen molar-refractivity contribution in [3.8, 4) is 0 Å². The van der Waals surface area contributed by atoms with E-state index in [0.29, 0.717) is 5.92 Å². The topological polar surface area (TPSA) is 29.3 Å². The van der Waals surface area contributed by atoms with Gasteiger partial charge in [0.25, 0.3) is 0 Å². The van der Waals surface area contributed by atoms with Crippen molar-refractivity contribution >= 4 is 5.69 Å². The van der Waals surface area contributed by atoms with E-state index in [4.69, 9.17) is 5.73 Å². The zero-order valence-corrected chi connectivity index (χ0v) is 12.5. The van der Waals surface area contributed by atoms with Gasteiger partial charge in [0, 0.05) is 18.3 Å². The molecular weight excluding hydrogens is 220 g/mol. The molecule has 0 saturated carbocycles. The van der Waals surface area contributed by atoms with Crippen LogP contribution in [0.1, 0.15) is 52.0 Å². The molecule has 1 unspecified atom stereocenters. The zero-order chi connectivity index (χ0) is 13.8. The lowest BCUT2D eigenvalue weighted by Gasteiger charge is -2.37. The second-order valence-corrected chi connectivity index (χ2v) is 5.81. The summed E-state index contributed by atoms with van der Waals surface area (Å²) in [6, 6.07) is 8.94. The van der Waals surface area contributed by atoms with Crippen molar-refractivity contribution in [2.75, 3.05) is 18.5 Å². The Labute approximate surface area is 112 Å². The standard InChI is InChI=1S/C16H28N2/c1-6-13(2)14-7-9-15(10-8-14)18(5)16(3,4)11-12-17/h7-10,13H,6,11-12,17H2,1-5H3. The fourth-order valence-electron chi connectivity index (χ4n) is 2.13. The van der Waals surface area contributed by atoms with E-state index in [2.05, 4.69) is 63.9 Å². The quantitative estimate of drug-likeness (QED) is 0.830. The molecule has 2 heteroatoms. The molecule has 102 valence electrons. The summed E-state index contributed by atoms with van der Waals surface area (Å²) in [5, 5.41) is 0. The SMILES string of the molecule is CCC(C)c1ccc(N(C)C(C)(C)CCN)cc1. The molecule has 2 N–H and O–H groups in total. The average molecular weight is 248 g/mol. The molecule has 0 aromatic heterocycles. The maximum absolute atomic E-state index is 5.69. The van der Waals surface area contributed by atoms with E-state index < -0.39 is 0 Å². The summed E-state index contributed by atoms with van der Waals surface area (Å²) in [5.41, 5.74) is 8.48. The molecule has 1 atom stereocenters. The molecule has 0 bridgehead atoms. The molecule has 0 saturated heterocycles. The summed E-state index contributed by atoms with van der Waals surface area (Å²) in [6.45, 7) is 9.71. The highest BCUT2D eigenvalue weighted by molar-refractivity contribution is 5.49. The van der Waals surface area contributed by atoms with Crippen molar-refractivity contribution in [3.05, 3.63) is 29.8 Å². The van der Waals surface area contributed by atoms with E-state index in [-0.39, 0.29) is 5.54 Å². The molecule has 0 fully saturated rings. The van der Waals surface area contributed by atoms with Crippen LogP contribution in [-0.2, 0) is 0 Å². The van der Waals surface area contributed by atoms with Gasteiger partial charge in [0.1, 0.15) is 0 Å². The van der Waals surface area contributed by atoms with Crippen LogP contribution in [0, 0.1) is 0 Å². The van der Waals surface area contributed by atoms with Gasteiger partial charge in [0.05, 0.1) is 0 Å². The van der Waals surface area contributed by atoms with Gasteiger partial charge in [-0.05, 0) is 56.8 Å². The molecular formula is C16H28N2. The number of rotatable bonds is 6.